The monoisotopic (exact) mass is 618 g/mol. The Morgan fingerprint density at radius 1 is 1.14 bits per heavy atom. The van der Waals surface area contributed by atoms with E-state index in [0.29, 0.717) is 44.8 Å². The third-order valence-electron chi connectivity index (χ3n) is 7.73. The van der Waals surface area contributed by atoms with E-state index in [9.17, 15) is 28.0 Å². The van der Waals surface area contributed by atoms with Crippen molar-refractivity contribution in [3.63, 3.8) is 0 Å². The van der Waals surface area contributed by atoms with E-state index >= 15 is 0 Å². The number of fused-ring (bicyclic) bond motifs is 3. The molecular weight excluding hydrogens is 597 g/mol. The highest BCUT2D eigenvalue weighted by molar-refractivity contribution is 8.09. The van der Waals surface area contributed by atoms with Crippen LogP contribution in [0.4, 0.5) is 29.3 Å². The van der Waals surface area contributed by atoms with Crippen LogP contribution in [-0.4, -0.2) is 56.6 Å². The number of alkyl halides is 3. The van der Waals surface area contributed by atoms with Gasteiger partial charge in [-0.25, -0.2) is 19.4 Å². The second-order valence-corrected chi connectivity index (χ2v) is 11.5. The van der Waals surface area contributed by atoms with Gasteiger partial charge in [-0.1, -0.05) is 6.07 Å². The van der Waals surface area contributed by atoms with Gasteiger partial charge in [0.05, 0.1) is 49.8 Å². The lowest BCUT2D eigenvalue weighted by molar-refractivity contribution is -0.145. The molecule has 0 radical (unpaired) electrons. The van der Waals surface area contributed by atoms with E-state index < -0.39 is 35.2 Å². The number of nitrogens with zero attached hydrogens (tertiary/aromatic N) is 7. The Morgan fingerprint density at radius 2 is 1.98 bits per heavy atom. The molecule has 5 heterocycles. The molecule has 7 rings (SSSR count). The van der Waals surface area contributed by atoms with E-state index in [2.05, 4.69) is 26.5 Å². The normalized spacial score (nSPS) is 19.8. The fourth-order valence-corrected chi connectivity index (χ4v) is 6.87. The first-order valence-corrected chi connectivity index (χ1v) is 14.3. The van der Waals surface area contributed by atoms with Gasteiger partial charge < -0.3 is 15.0 Å². The number of benzene rings is 2. The minimum Gasteiger partial charge on any atom is -0.497 e. The third-order valence-corrected chi connectivity index (χ3v) is 9.08. The van der Waals surface area contributed by atoms with Gasteiger partial charge in [-0.3, -0.25) is 9.78 Å². The van der Waals surface area contributed by atoms with Crippen LogP contribution < -0.4 is 19.9 Å². The number of halogens is 3. The van der Waals surface area contributed by atoms with Crippen LogP contribution in [-0.2, 0) is 24.1 Å². The Hall–Kier alpha value is -5.10. The van der Waals surface area contributed by atoms with Gasteiger partial charge in [0.25, 0.3) is 11.7 Å². The van der Waals surface area contributed by atoms with E-state index in [-0.39, 0.29) is 24.6 Å². The summed E-state index contributed by atoms with van der Waals surface area (Å²) in [5.41, 5.74) is 1.97. The summed E-state index contributed by atoms with van der Waals surface area (Å²) in [4.78, 5) is 38.9. The van der Waals surface area contributed by atoms with Gasteiger partial charge in [-0.05, 0) is 36.4 Å². The molecule has 11 nitrogen and oxygen atoms in total. The van der Waals surface area contributed by atoms with Crippen molar-refractivity contribution in [2.75, 3.05) is 23.5 Å². The van der Waals surface area contributed by atoms with Crippen molar-refractivity contribution in [1.82, 2.24) is 25.1 Å². The Labute approximate surface area is 251 Å². The molecule has 2 aromatic carbocycles. The smallest absolute Gasteiger partial charge is 0.453 e. The molecule has 1 N–H and O–H groups in total. The summed E-state index contributed by atoms with van der Waals surface area (Å²) in [5.74, 6) is -0.874. The van der Waals surface area contributed by atoms with E-state index in [1.165, 1.54) is 29.8 Å². The summed E-state index contributed by atoms with van der Waals surface area (Å²) < 4.78 is 46.1. The summed E-state index contributed by atoms with van der Waals surface area (Å²) >= 11 is 1.26. The minimum absolute atomic E-state index is 0.0991. The first-order chi connectivity index (χ1) is 21.1. The average Bonchev–Trinajstić information content (AvgIpc) is 3.65. The fourth-order valence-electron chi connectivity index (χ4n) is 5.58. The molecular formula is C29H21F3N8O3S. The number of pyridine rings is 1. The maximum absolute atomic E-state index is 13.9. The molecule has 1 fully saturated rings. The zero-order chi connectivity index (χ0) is 30.7. The van der Waals surface area contributed by atoms with Crippen LogP contribution in [0.15, 0.2) is 54.9 Å². The molecule has 15 heteroatoms. The van der Waals surface area contributed by atoms with Crippen molar-refractivity contribution < 1.29 is 27.5 Å². The van der Waals surface area contributed by atoms with Crippen molar-refractivity contribution in [3.8, 4) is 11.8 Å². The summed E-state index contributed by atoms with van der Waals surface area (Å²) in [6.07, 6.45) is 0.184. The summed E-state index contributed by atoms with van der Waals surface area (Å²) in [7, 11) is 1.52. The second-order valence-electron chi connectivity index (χ2n) is 10.3. The number of carbonyl (C=O) groups is 2. The summed E-state index contributed by atoms with van der Waals surface area (Å²) in [5, 5.41) is 16.7. The number of nitriles is 1. The first-order valence-electron chi connectivity index (χ1n) is 13.4. The molecule has 3 amide bonds. The summed E-state index contributed by atoms with van der Waals surface area (Å²) in [6.45, 7) is 0.692. The molecule has 0 saturated carbocycles. The van der Waals surface area contributed by atoms with Gasteiger partial charge >= 0.3 is 12.2 Å². The largest absolute Gasteiger partial charge is 0.497 e. The molecule has 1 saturated heterocycles. The van der Waals surface area contributed by atoms with Gasteiger partial charge in [0.15, 0.2) is 0 Å². The Bertz CT molecular complexity index is 1940. The molecule has 2 atom stereocenters. The van der Waals surface area contributed by atoms with Crippen molar-refractivity contribution in [2.24, 2.45) is 0 Å². The Kier molecular flexibility index (Phi) is 6.47. The van der Waals surface area contributed by atoms with Gasteiger partial charge in [-0.15, -0.1) is 16.9 Å². The van der Waals surface area contributed by atoms with Crippen LogP contribution in [0.2, 0.25) is 0 Å². The van der Waals surface area contributed by atoms with Crippen LogP contribution in [0.5, 0.6) is 5.75 Å². The van der Waals surface area contributed by atoms with Crippen LogP contribution >= 0.6 is 11.8 Å². The molecule has 2 aromatic heterocycles. The second kappa shape index (κ2) is 10.3. The molecule has 44 heavy (non-hydrogen) atoms. The van der Waals surface area contributed by atoms with Crippen molar-refractivity contribution in [2.45, 2.75) is 30.6 Å². The van der Waals surface area contributed by atoms with Gasteiger partial charge in [0.2, 0.25) is 0 Å². The molecule has 0 bridgehead atoms. The van der Waals surface area contributed by atoms with Crippen LogP contribution in [0.1, 0.15) is 22.8 Å². The number of urea groups is 1. The molecule has 3 aliphatic heterocycles. The molecule has 222 valence electrons. The highest BCUT2D eigenvalue weighted by Gasteiger charge is 2.46. The van der Waals surface area contributed by atoms with Gasteiger partial charge in [0, 0.05) is 39.7 Å². The number of hydrogen-bond acceptors (Lipinski definition) is 9. The van der Waals surface area contributed by atoms with Crippen molar-refractivity contribution in [1.29, 1.82) is 5.26 Å². The minimum atomic E-state index is -4.64. The quantitative estimate of drug-likeness (QED) is 0.355. The predicted molar refractivity (Wildman–Crippen MR) is 155 cm³/mol. The molecule has 0 spiro atoms. The highest BCUT2D eigenvalue weighted by Crippen LogP contribution is 2.45. The number of anilines is 2. The van der Waals surface area contributed by atoms with Crippen molar-refractivity contribution in [3.05, 3.63) is 77.6 Å². The zero-order valence-electron chi connectivity index (χ0n) is 22.9. The van der Waals surface area contributed by atoms with E-state index in [1.54, 1.807) is 42.6 Å². The number of thioether (sulfide) groups is 1. The molecule has 4 aromatic rings. The standard InChI is InChI=1S/C29H21F3N8O3S/c1-43-18-5-3-15(11-33)20(9-18)23-10-21-25(44-23)26(41)40(28(42)35-21)22-13-34-12-16-2-4-17(8-19(16)22)38-6-7-39-24(14-38)36-27(37-39)29(30,31)32/h2-5,8-10,12-13,21,25H,6-7,14H2,1H3,(H,35,42). The number of nitrogens with one attached hydrogen (secondary N) is 1. The lowest BCUT2D eigenvalue weighted by Crippen LogP contribution is -2.60. The number of rotatable bonds is 4. The van der Waals surface area contributed by atoms with Crippen LogP contribution in [0, 0.1) is 11.3 Å². The number of aromatic nitrogens is 4. The first kappa shape index (κ1) is 27.7. The molecule has 3 aliphatic rings. The third kappa shape index (κ3) is 4.58. The topological polar surface area (TPSA) is 129 Å². The number of hydrogen-bond donors (Lipinski definition) is 1. The maximum Gasteiger partial charge on any atom is 0.453 e. The number of amides is 3. The Balaban J connectivity index is 1.19. The number of imide groups is 1. The zero-order valence-corrected chi connectivity index (χ0v) is 23.7. The lowest BCUT2D eigenvalue weighted by atomic mass is 10.0. The van der Waals surface area contributed by atoms with E-state index in [1.807, 2.05) is 11.0 Å². The summed E-state index contributed by atoms with van der Waals surface area (Å²) in [6, 6.07) is 11.4. The number of methoxy groups -OCH3 is 1. The highest BCUT2D eigenvalue weighted by atomic mass is 32.2. The maximum atomic E-state index is 13.9. The van der Waals surface area contributed by atoms with Gasteiger partial charge in [0.1, 0.15) is 16.8 Å². The Morgan fingerprint density at radius 3 is 2.75 bits per heavy atom. The van der Waals surface area contributed by atoms with Crippen LogP contribution in [0.25, 0.3) is 15.7 Å². The molecule has 2 unspecified atom stereocenters. The number of ether oxygens (including phenoxy) is 1. The number of carbonyl (C=O) groups excluding carboxylic acids is 2. The predicted octanol–water partition coefficient (Wildman–Crippen LogP) is 4.33. The van der Waals surface area contributed by atoms with E-state index in [4.69, 9.17) is 4.74 Å². The fraction of sp³-hybridized carbons (Fsp3) is 0.241. The lowest BCUT2D eigenvalue weighted by Gasteiger charge is -2.33. The van der Waals surface area contributed by atoms with Crippen LogP contribution in [0.3, 0.4) is 0 Å². The van der Waals surface area contributed by atoms with E-state index in [0.717, 1.165) is 4.90 Å². The van der Waals surface area contributed by atoms with Crippen molar-refractivity contribution >= 4 is 50.8 Å². The average molecular weight is 619 g/mol. The van der Waals surface area contributed by atoms with Gasteiger partial charge in [-0.2, -0.15) is 18.4 Å². The SMILES string of the molecule is COc1ccc(C#N)c(C2=CC3NC(=O)N(c4cncc5ccc(N6CCn7nc(C(F)(F)F)nc7C6)cc45)C(=O)C3S2)c1. The molecule has 0 aliphatic carbocycles.